The third kappa shape index (κ3) is 4.55. The van der Waals surface area contributed by atoms with Crippen LogP contribution in [0, 0.1) is 19.7 Å². The highest BCUT2D eigenvalue weighted by Crippen LogP contribution is 2.17. The van der Waals surface area contributed by atoms with E-state index in [1.54, 1.807) is 19.1 Å². The summed E-state index contributed by atoms with van der Waals surface area (Å²) in [5.41, 5.74) is 3.33. The topological polar surface area (TPSA) is 32.3 Å². The quantitative estimate of drug-likeness (QED) is 0.825. The molecule has 0 aliphatic heterocycles. The van der Waals surface area contributed by atoms with Crippen LogP contribution in [0.5, 0.6) is 0 Å². The lowest BCUT2D eigenvalue weighted by molar-refractivity contribution is 0.0953. The van der Waals surface area contributed by atoms with Gasteiger partial charge in [-0.3, -0.25) is 4.79 Å². The second kappa shape index (κ2) is 7.77. The Kier molecular flexibility index (Phi) is 5.74. The van der Waals surface area contributed by atoms with Crippen LogP contribution < -0.4 is 10.2 Å². The predicted octanol–water partition coefficient (Wildman–Crippen LogP) is 3.70. The van der Waals surface area contributed by atoms with Gasteiger partial charge in [0.15, 0.2) is 0 Å². The Morgan fingerprint density at radius 1 is 1.13 bits per heavy atom. The molecule has 3 nitrogen and oxygen atoms in total. The summed E-state index contributed by atoms with van der Waals surface area (Å²) in [4.78, 5) is 14.2. The molecule has 0 radical (unpaired) electrons. The molecule has 0 aromatic heterocycles. The molecule has 2 rings (SSSR count). The monoisotopic (exact) mass is 314 g/mol. The van der Waals surface area contributed by atoms with Crippen LogP contribution in [0.25, 0.3) is 0 Å². The number of hydrogen-bond acceptors (Lipinski definition) is 2. The molecule has 23 heavy (non-hydrogen) atoms. The molecule has 0 heterocycles. The fourth-order valence-electron chi connectivity index (χ4n) is 2.47. The van der Waals surface area contributed by atoms with Gasteiger partial charge in [0.05, 0.1) is 0 Å². The molecule has 0 unspecified atom stereocenters. The minimum absolute atomic E-state index is 0.234. The molecule has 0 spiro atoms. The van der Waals surface area contributed by atoms with Gasteiger partial charge in [0, 0.05) is 31.4 Å². The highest BCUT2D eigenvalue weighted by molar-refractivity contribution is 5.94. The molecular weight excluding hydrogens is 291 g/mol. The summed E-state index contributed by atoms with van der Waals surface area (Å²) in [7, 11) is 2.04. The van der Waals surface area contributed by atoms with Gasteiger partial charge in [0.25, 0.3) is 5.91 Å². The molecule has 0 saturated carbocycles. The Morgan fingerprint density at radius 3 is 2.57 bits per heavy atom. The number of rotatable bonds is 6. The Labute approximate surface area is 137 Å². The fourth-order valence-corrected chi connectivity index (χ4v) is 2.47. The van der Waals surface area contributed by atoms with Gasteiger partial charge in [-0.05, 0) is 49.6 Å². The Bertz CT molecular complexity index is 685. The Balaban J connectivity index is 1.80. The van der Waals surface area contributed by atoms with E-state index in [1.165, 1.54) is 17.3 Å². The fraction of sp³-hybridized carbons (Fsp3) is 0.316. The summed E-state index contributed by atoms with van der Waals surface area (Å²) < 4.78 is 13.5. The summed E-state index contributed by atoms with van der Waals surface area (Å²) in [6.07, 6.45) is 0.824. The van der Waals surface area contributed by atoms with Gasteiger partial charge in [0.1, 0.15) is 5.82 Å². The van der Waals surface area contributed by atoms with Crippen molar-refractivity contribution in [3.8, 4) is 0 Å². The normalized spacial score (nSPS) is 10.4. The van der Waals surface area contributed by atoms with Crippen LogP contribution in [-0.4, -0.2) is 26.0 Å². The number of anilines is 1. The number of para-hydroxylation sites is 1. The number of nitrogens with one attached hydrogen (secondary N) is 1. The number of benzene rings is 2. The number of carbonyl (C=O) groups is 1. The van der Waals surface area contributed by atoms with Crippen molar-refractivity contribution in [1.29, 1.82) is 0 Å². The zero-order valence-corrected chi connectivity index (χ0v) is 13.9. The molecule has 122 valence electrons. The van der Waals surface area contributed by atoms with Crippen molar-refractivity contribution < 1.29 is 9.18 Å². The average molecular weight is 314 g/mol. The van der Waals surface area contributed by atoms with Crippen molar-refractivity contribution in [2.75, 3.05) is 25.0 Å². The maximum atomic E-state index is 13.5. The van der Waals surface area contributed by atoms with E-state index < -0.39 is 0 Å². The second-order valence-corrected chi connectivity index (χ2v) is 5.78. The van der Waals surface area contributed by atoms with E-state index in [1.807, 2.05) is 19.2 Å². The van der Waals surface area contributed by atoms with E-state index in [0.717, 1.165) is 13.0 Å². The molecule has 0 saturated heterocycles. The highest BCUT2D eigenvalue weighted by atomic mass is 19.1. The van der Waals surface area contributed by atoms with E-state index in [0.29, 0.717) is 17.7 Å². The lowest BCUT2D eigenvalue weighted by atomic mass is 10.1. The van der Waals surface area contributed by atoms with Crippen LogP contribution in [0.15, 0.2) is 42.5 Å². The minimum Gasteiger partial charge on any atom is -0.374 e. The SMILES string of the molecule is Cc1ccc(C(=O)NCCCN(C)c2ccccc2C)cc1F. The highest BCUT2D eigenvalue weighted by Gasteiger charge is 2.08. The third-order valence-electron chi connectivity index (χ3n) is 3.92. The summed E-state index contributed by atoms with van der Waals surface area (Å²) in [6.45, 7) is 5.16. The molecule has 0 atom stereocenters. The van der Waals surface area contributed by atoms with Gasteiger partial charge >= 0.3 is 0 Å². The van der Waals surface area contributed by atoms with Gasteiger partial charge in [-0.15, -0.1) is 0 Å². The second-order valence-electron chi connectivity index (χ2n) is 5.78. The number of halogens is 1. The molecule has 0 fully saturated rings. The maximum Gasteiger partial charge on any atom is 0.251 e. The van der Waals surface area contributed by atoms with Crippen LogP contribution in [0.2, 0.25) is 0 Å². The first-order valence-electron chi connectivity index (χ1n) is 7.80. The number of aryl methyl sites for hydroxylation is 2. The standard InChI is InChI=1S/C19H23FN2O/c1-14-9-10-16(13-17(14)20)19(23)21-11-6-12-22(3)18-8-5-4-7-15(18)2/h4-5,7-10,13H,6,11-12H2,1-3H3,(H,21,23). The molecular formula is C19H23FN2O. The van der Waals surface area contributed by atoms with E-state index in [9.17, 15) is 9.18 Å². The van der Waals surface area contributed by atoms with Crippen molar-refractivity contribution in [1.82, 2.24) is 5.32 Å². The molecule has 1 amide bonds. The van der Waals surface area contributed by atoms with Gasteiger partial charge in [0.2, 0.25) is 0 Å². The van der Waals surface area contributed by atoms with Crippen LogP contribution in [-0.2, 0) is 0 Å². The van der Waals surface area contributed by atoms with Gasteiger partial charge in [-0.1, -0.05) is 24.3 Å². The zero-order valence-electron chi connectivity index (χ0n) is 13.9. The molecule has 2 aromatic carbocycles. The van der Waals surface area contributed by atoms with Crippen molar-refractivity contribution in [2.24, 2.45) is 0 Å². The van der Waals surface area contributed by atoms with E-state index in [4.69, 9.17) is 0 Å². The lowest BCUT2D eigenvalue weighted by Crippen LogP contribution is -2.28. The largest absolute Gasteiger partial charge is 0.374 e. The van der Waals surface area contributed by atoms with Crippen LogP contribution in [0.1, 0.15) is 27.9 Å². The summed E-state index contributed by atoms with van der Waals surface area (Å²) >= 11 is 0. The van der Waals surface area contributed by atoms with E-state index >= 15 is 0 Å². The number of hydrogen-bond donors (Lipinski definition) is 1. The third-order valence-corrected chi connectivity index (χ3v) is 3.92. The van der Waals surface area contributed by atoms with Crippen LogP contribution >= 0.6 is 0 Å². The maximum absolute atomic E-state index is 13.5. The van der Waals surface area contributed by atoms with Gasteiger partial charge in [-0.2, -0.15) is 0 Å². The van der Waals surface area contributed by atoms with Gasteiger partial charge < -0.3 is 10.2 Å². The first-order chi connectivity index (χ1) is 11.0. The number of carbonyl (C=O) groups excluding carboxylic acids is 1. The molecule has 0 aliphatic rings. The lowest BCUT2D eigenvalue weighted by Gasteiger charge is -2.21. The van der Waals surface area contributed by atoms with Crippen LogP contribution in [0.3, 0.4) is 0 Å². The first-order valence-corrected chi connectivity index (χ1v) is 7.80. The molecule has 2 aromatic rings. The summed E-state index contributed by atoms with van der Waals surface area (Å²) in [6, 6.07) is 12.8. The van der Waals surface area contributed by atoms with Gasteiger partial charge in [-0.25, -0.2) is 4.39 Å². The number of amides is 1. The Hall–Kier alpha value is -2.36. The van der Waals surface area contributed by atoms with Crippen molar-refractivity contribution >= 4 is 11.6 Å². The average Bonchev–Trinajstić information content (AvgIpc) is 2.54. The zero-order chi connectivity index (χ0) is 16.8. The molecule has 0 aliphatic carbocycles. The van der Waals surface area contributed by atoms with Crippen LogP contribution in [0.4, 0.5) is 10.1 Å². The van der Waals surface area contributed by atoms with E-state index in [-0.39, 0.29) is 11.7 Å². The smallest absolute Gasteiger partial charge is 0.251 e. The van der Waals surface area contributed by atoms with Crippen molar-refractivity contribution in [3.05, 3.63) is 65.0 Å². The minimum atomic E-state index is -0.350. The molecule has 4 heteroatoms. The molecule has 1 N–H and O–H groups in total. The number of nitrogens with zero attached hydrogens (tertiary/aromatic N) is 1. The van der Waals surface area contributed by atoms with Crippen molar-refractivity contribution in [2.45, 2.75) is 20.3 Å². The summed E-state index contributed by atoms with van der Waals surface area (Å²) in [5.74, 6) is -0.584. The van der Waals surface area contributed by atoms with E-state index in [2.05, 4.69) is 29.3 Å². The Morgan fingerprint density at radius 2 is 1.87 bits per heavy atom. The first kappa shape index (κ1) is 17.0. The molecule has 0 bridgehead atoms. The predicted molar refractivity (Wildman–Crippen MR) is 92.5 cm³/mol. The summed E-state index contributed by atoms with van der Waals surface area (Å²) in [5, 5.41) is 2.83. The van der Waals surface area contributed by atoms with Crippen molar-refractivity contribution in [3.63, 3.8) is 0 Å².